The van der Waals surface area contributed by atoms with E-state index in [-0.39, 0.29) is 28.8 Å². The molecule has 0 fully saturated rings. The van der Waals surface area contributed by atoms with Crippen molar-refractivity contribution in [2.24, 2.45) is 0 Å². The van der Waals surface area contributed by atoms with E-state index < -0.39 is 28.5 Å². The summed E-state index contributed by atoms with van der Waals surface area (Å²) >= 11 is 0. The van der Waals surface area contributed by atoms with E-state index in [9.17, 15) is 18.0 Å². The Morgan fingerprint density at radius 3 is 2.02 bits per heavy atom. The van der Waals surface area contributed by atoms with Crippen LogP contribution in [-0.2, 0) is 26.2 Å². The molecule has 0 saturated heterocycles. The number of rotatable bonds is 12. The number of carbonyl (C=O) groups excluding carboxylic acids is 2. The summed E-state index contributed by atoms with van der Waals surface area (Å²) in [6.07, 6.45) is 0.338. The van der Waals surface area contributed by atoms with Crippen LogP contribution in [0.25, 0.3) is 0 Å². The molecule has 214 valence electrons. The fraction of sp³-hybridized carbons (Fsp3) is 0.333. The zero-order chi connectivity index (χ0) is 29.4. The molecule has 1 atom stereocenters. The Labute approximate surface area is 236 Å². The molecule has 3 rings (SSSR count). The van der Waals surface area contributed by atoms with Crippen LogP contribution in [-0.4, -0.2) is 59.0 Å². The molecule has 1 N–H and O–H groups in total. The standard InChI is InChI=1S/C30H37N3O6S/c1-7-26(30(35)31-4)32(19-23-12-8-21(2)9-13-23)29(34)20-33(27-18-24(38-5)14-17-28(27)39-6)40(36,37)25-15-10-22(3)11-16-25/h8-18,26H,7,19-20H2,1-6H3,(H,31,35)/t26-/m1/s1. The third-order valence-corrected chi connectivity index (χ3v) is 8.42. The van der Waals surface area contributed by atoms with Crippen LogP contribution in [0, 0.1) is 13.8 Å². The summed E-state index contributed by atoms with van der Waals surface area (Å²) in [6.45, 7) is 5.18. The summed E-state index contributed by atoms with van der Waals surface area (Å²) in [4.78, 5) is 28.4. The summed E-state index contributed by atoms with van der Waals surface area (Å²) < 4.78 is 40.0. The van der Waals surface area contributed by atoms with Crippen molar-refractivity contribution in [3.8, 4) is 11.5 Å². The highest BCUT2D eigenvalue weighted by Gasteiger charge is 2.34. The third kappa shape index (κ3) is 6.93. The Kier molecular flexibility index (Phi) is 10.2. The van der Waals surface area contributed by atoms with Crippen LogP contribution in [0.5, 0.6) is 11.5 Å². The molecule has 9 nitrogen and oxygen atoms in total. The van der Waals surface area contributed by atoms with Gasteiger partial charge < -0.3 is 19.7 Å². The molecule has 2 amide bonds. The van der Waals surface area contributed by atoms with Crippen LogP contribution in [0.3, 0.4) is 0 Å². The van der Waals surface area contributed by atoms with Crippen molar-refractivity contribution in [2.75, 3.05) is 32.1 Å². The van der Waals surface area contributed by atoms with Crippen molar-refractivity contribution in [3.63, 3.8) is 0 Å². The van der Waals surface area contributed by atoms with Crippen LogP contribution in [0.15, 0.2) is 71.6 Å². The lowest BCUT2D eigenvalue weighted by Crippen LogP contribution is -2.51. The molecule has 0 spiro atoms. The van der Waals surface area contributed by atoms with Gasteiger partial charge in [-0.15, -0.1) is 0 Å². The fourth-order valence-electron chi connectivity index (χ4n) is 4.32. The van der Waals surface area contributed by atoms with Gasteiger partial charge in [-0.1, -0.05) is 54.4 Å². The SMILES string of the molecule is CC[C@H](C(=O)NC)N(Cc1ccc(C)cc1)C(=O)CN(c1cc(OC)ccc1OC)S(=O)(=O)c1ccc(C)cc1. The first-order chi connectivity index (χ1) is 19.0. The summed E-state index contributed by atoms with van der Waals surface area (Å²) in [5, 5.41) is 2.62. The predicted octanol–water partition coefficient (Wildman–Crippen LogP) is 4.07. The van der Waals surface area contributed by atoms with E-state index in [1.165, 1.54) is 44.4 Å². The monoisotopic (exact) mass is 567 g/mol. The Bertz CT molecular complexity index is 1420. The first-order valence-electron chi connectivity index (χ1n) is 12.9. The van der Waals surface area contributed by atoms with Crippen LogP contribution in [0.2, 0.25) is 0 Å². The second-order valence-corrected chi connectivity index (χ2v) is 11.3. The topological polar surface area (TPSA) is 105 Å². The third-order valence-electron chi connectivity index (χ3n) is 6.65. The molecule has 0 aromatic heterocycles. The van der Waals surface area contributed by atoms with Crippen molar-refractivity contribution >= 4 is 27.5 Å². The molecule has 0 aliphatic heterocycles. The minimum Gasteiger partial charge on any atom is -0.497 e. The number of nitrogens with zero attached hydrogens (tertiary/aromatic N) is 2. The molecule has 0 bridgehead atoms. The van der Waals surface area contributed by atoms with Crippen molar-refractivity contribution in [1.82, 2.24) is 10.2 Å². The number of likely N-dealkylation sites (N-methyl/N-ethyl adjacent to an activating group) is 1. The van der Waals surface area contributed by atoms with E-state index in [1.54, 1.807) is 31.2 Å². The maximum atomic E-state index is 14.1. The number of methoxy groups -OCH3 is 2. The number of benzene rings is 3. The first-order valence-corrected chi connectivity index (χ1v) is 14.4. The maximum Gasteiger partial charge on any atom is 0.264 e. The summed E-state index contributed by atoms with van der Waals surface area (Å²) in [5.41, 5.74) is 2.90. The van der Waals surface area contributed by atoms with E-state index in [0.717, 1.165) is 21.0 Å². The molecular formula is C30H37N3O6S. The second kappa shape index (κ2) is 13.3. The number of nitrogens with one attached hydrogen (secondary N) is 1. The zero-order valence-electron chi connectivity index (χ0n) is 23.8. The van der Waals surface area contributed by atoms with Crippen LogP contribution in [0.1, 0.15) is 30.0 Å². The summed E-state index contributed by atoms with van der Waals surface area (Å²) in [6, 6.07) is 17.9. The maximum absolute atomic E-state index is 14.1. The second-order valence-electron chi connectivity index (χ2n) is 9.41. The average Bonchev–Trinajstić information content (AvgIpc) is 2.96. The normalized spacial score (nSPS) is 11.8. The molecule has 0 radical (unpaired) electrons. The van der Waals surface area contributed by atoms with Gasteiger partial charge in [0.2, 0.25) is 11.8 Å². The molecule has 0 aliphatic carbocycles. The van der Waals surface area contributed by atoms with Gasteiger partial charge in [0.25, 0.3) is 10.0 Å². The van der Waals surface area contributed by atoms with Gasteiger partial charge in [-0.05, 0) is 50.1 Å². The Morgan fingerprint density at radius 2 is 1.50 bits per heavy atom. The lowest BCUT2D eigenvalue weighted by molar-refractivity contribution is -0.140. The Hall–Kier alpha value is -4.05. The lowest BCUT2D eigenvalue weighted by atomic mass is 10.1. The molecule has 3 aromatic carbocycles. The first kappa shape index (κ1) is 30.5. The van der Waals surface area contributed by atoms with Crippen LogP contribution in [0.4, 0.5) is 5.69 Å². The quantitative estimate of drug-likeness (QED) is 0.354. The lowest BCUT2D eigenvalue weighted by Gasteiger charge is -2.33. The molecule has 10 heteroatoms. The van der Waals surface area contributed by atoms with Crippen molar-refractivity contribution in [2.45, 2.75) is 44.7 Å². The highest BCUT2D eigenvalue weighted by molar-refractivity contribution is 7.92. The summed E-state index contributed by atoms with van der Waals surface area (Å²) in [7, 11) is 0.154. The largest absolute Gasteiger partial charge is 0.497 e. The van der Waals surface area contributed by atoms with Crippen LogP contribution >= 0.6 is 0 Å². The van der Waals surface area contributed by atoms with Gasteiger partial charge in [0.1, 0.15) is 24.1 Å². The zero-order valence-corrected chi connectivity index (χ0v) is 24.6. The Morgan fingerprint density at radius 1 is 0.900 bits per heavy atom. The van der Waals surface area contributed by atoms with Crippen LogP contribution < -0.4 is 19.1 Å². The minimum atomic E-state index is -4.24. The number of amides is 2. The molecule has 0 saturated carbocycles. The van der Waals surface area contributed by atoms with Gasteiger partial charge in [0, 0.05) is 19.7 Å². The van der Waals surface area contributed by atoms with E-state index >= 15 is 0 Å². The number of aryl methyl sites for hydroxylation is 2. The molecule has 40 heavy (non-hydrogen) atoms. The fourth-order valence-corrected chi connectivity index (χ4v) is 5.74. The Balaban J connectivity index is 2.14. The highest BCUT2D eigenvalue weighted by Crippen LogP contribution is 2.36. The highest BCUT2D eigenvalue weighted by atomic mass is 32.2. The molecule has 0 unspecified atom stereocenters. The van der Waals surface area contributed by atoms with E-state index in [1.807, 2.05) is 38.1 Å². The summed E-state index contributed by atoms with van der Waals surface area (Å²) in [5.74, 6) is -0.250. The number of sulfonamides is 1. The number of hydrogen-bond donors (Lipinski definition) is 1. The number of anilines is 1. The van der Waals surface area contributed by atoms with Crippen molar-refractivity contribution in [3.05, 3.63) is 83.4 Å². The smallest absolute Gasteiger partial charge is 0.264 e. The molecule has 0 aliphatic rings. The average molecular weight is 568 g/mol. The molecule has 0 heterocycles. The molecular weight excluding hydrogens is 530 g/mol. The van der Waals surface area contributed by atoms with E-state index in [0.29, 0.717) is 12.2 Å². The van der Waals surface area contributed by atoms with Gasteiger partial charge in [-0.2, -0.15) is 0 Å². The number of carbonyl (C=O) groups is 2. The van der Waals surface area contributed by atoms with E-state index in [2.05, 4.69) is 5.32 Å². The van der Waals surface area contributed by atoms with Crippen molar-refractivity contribution in [1.29, 1.82) is 0 Å². The van der Waals surface area contributed by atoms with Gasteiger partial charge in [0.05, 0.1) is 24.8 Å². The number of hydrogen-bond acceptors (Lipinski definition) is 6. The minimum absolute atomic E-state index is 0.0131. The van der Waals surface area contributed by atoms with Gasteiger partial charge >= 0.3 is 0 Å². The van der Waals surface area contributed by atoms with Gasteiger partial charge in [0.15, 0.2) is 0 Å². The van der Waals surface area contributed by atoms with E-state index in [4.69, 9.17) is 9.47 Å². The predicted molar refractivity (Wildman–Crippen MR) is 155 cm³/mol. The molecule has 3 aromatic rings. The van der Waals surface area contributed by atoms with Gasteiger partial charge in [-0.25, -0.2) is 8.42 Å². The van der Waals surface area contributed by atoms with Crippen molar-refractivity contribution < 1.29 is 27.5 Å². The number of ether oxygens (including phenoxy) is 2. The van der Waals surface area contributed by atoms with Gasteiger partial charge in [-0.3, -0.25) is 13.9 Å².